The number of ether oxygens (including phenoxy) is 1. The van der Waals surface area contributed by atoms with Crippen LogP contribution in [-0.4, -0.2) is 39.0 Å². The maximum Gasteiger partial charge on any atom is 0.338 e. The van der Waals surface area contributed by atoms with Crippen molar-refractivity contribution < 1.29 is 19.4 Å². The smallest absolute Gasteiger partial charge is 0.338 e. The molecule has 0 radical (unpaired) electrons. The highest BCUT2D eigenvalue weighted by Gasteiger charge is 2.20. The summed E-state index contributed by atoms with van der Waals surface area (Å²) in [5.41, 5.74) is 2.04. The molecule has 138 valence electrons. The van der Waals surface area contributed by atoms with Gasteiger partial charge in [-0.05, 0) is 24.3 Å². The summed E-state index contributed by atoms with van der Waals surface area (Å²) in [6, 6.07) is 5.11. The van der Waals surface area contributed by atoms with E-state index in [0.29, 0.717) is 46.0 Å². The number of fused-ring (bicyclic) bond motifs is 1. The molecule has 0 spiro atoms. The lowest BCUT2D eigenvalue weighted by Gasteiger charge is -2.12. The van der Waals surface area contributed by atoms with Crippen molar-refractivity contribution in [1.29, 1.82) is 0 Å². The zero-order valence-corrected chi connectivity index (χ0v) is 14.9. The third-order valence-electron chi connectivity index (χ3n) is 4.04. The van der Waals surface area contributed by atoms with E-state index in [2.05, 4.69) is 26.8 Å². The topological polar surface area (TPSA) is 117 Å². The number of H-pyrrole nitrogens is 1. The Hall–Kier alpha value is -3.68. The lowest BCUT2D eigenvalue weighted by molar-refractivity contribution is -0.111. The van der Waals surface area contributed by atoms with Gasteiger partial charge in [0.2, 0.25) is 5.91 Å². The Bertz CT molecular complexity index is 1060. The van der Waals surface area contributed by atoms with E-state index in [1.165, 1.54) is 13.3 Å². The summed E-state index contributed by atoms with van der Waals surface area (Å²) in [5.74, 6) is -0.435. The van der Waals surface area contributed by atoms with Crippen molar-refractivity contribution in [2.45, 2.75) is 13.3 Å². The number of aryl methyl sites for hydroxylation is 1. The molecule has 0 aliphatic carbocycles. The van der Waals surface area contributed by atoms with Crippen LogP contribution in [-0.2, 0) is 11.2 Å². The van der Waals surface area contributed by atoms with Gasteiger partial charge in [0.05, 0.1) is 29.4 Å². The van der Waals surface area contributed by atoms with E-state index >= 15 is 0 Å². The fourth-order valence-electron chi connectivity index (χ4n) is 2.75. The summed E-state index contributed by atoms with van der Waals surface area (Å²) >= 11 is 0. The number of hydrogen-bond acceptors (Lipinski definition) is 5. The first kappa shape index (κ1) is 18.1. The van der Waals surface area contributed by atoms with Crippen molar-refractivity contribution in [1.82, 2.24) is 15.0 Å². The minimum absolute atomic E-state index is 0.0788. The Labute approximate surface area is 154 Å². The molecule has 8 heteroatoms. The summed E-state index contributed by atoms with van der Waals surface area (Å²) in [4.78, 5) is 35.1. The van der Waals surface area contributed by atoms with E-state index in [4.69, 9.17) is 4.74 Å². The number of amides is 1. The number of aromatic carboxylic acids is 1. The molecule has 1 amide bonds. The molecular formula is C19H18N4O4. The fraction of sp³-hybridized carbons (Fsp3) is 0.158. The predicted octanol–water partition coefficient (Wildman–Crippen LogP) is 3.02. The summed E-state index contributed by atoms with van der Waals surface area (Å²) in [6.07, 6.45) is 3.13. The first-order valence-corrected chi connectivity index (χ1v) is 8.21. The molecule has 2 aromatic heterocycles. The monoisotopic (exact) mass is 366 g/mol. The van der Waals surface area contributed by atoms with Gasteiger partial charge in [0, 0.05) is 18.2 Å². The number of benzene rings is 1. The first-order chi connectivity index (χ1) is 13.0. The summed E-state index contributed by atoms with van der Waals surface area (Å²) in [7, 11) is 1.49. The summed E-state index contributed by atoms with van der Waals surface area (Å²) < 4.78 is 5.28. The molecular weight excluding hydrogens is 348 g/mol. The van der Waals surface area contributed by atoms with Crippen molar-refractivity contribution in [3.8, 4) is 17.0 Å². The van der Waals surface area contributed by atoms with Gasteiger partial charge >= 0.3 is 5.97 Å². The maximum atomic E-state index is 11.7. The van der Waals surface area contributed by atoms with Crippen LogP contribution in [0.15, 0.2) is 37.1 Å². The average molecular weight is 366 g/mol. The Morgan fingerprint density at radius 2 is 2.15 bits per heavy atom. The second-order valence-electron chi connectivity index (χ2n) is 5.68. The first-order valence-electron chi connectivity index (χ1n) is 8.21. The minimum atomic E-state index is -1.08. The SMILES string of the molecule is C=CC(=O)Nc1cc(-c2nc(CC)nc3[nH]cc(C(=O)O)c23)ccc1OC. The number of methoxy groups -OCH3 is 1. The van der Waals surface area contributed by atoms with Gasteiger partial charge in [-0.2, -0.15) is 0 Å². The number of hydrogen-bond donors (Lipinski definition) is 3. The van der Waals surface area contributed by atoms with E-state index in [1.54, 1.807) is 18.2 Å². The maximum absolute atomic E-state index is 11.7. The number of nitrogens with zero attached hydrogens (tertiary/aromatic N) is 2. The molecule has 8 nitrogen and oxygen atoms in total. The number of nitrogens with one attached hydrogen (secondary N) is 2. The van der Waals surface area contributed by atoms with Gasteiger partial charge in [-0.25, -0.2) is 14.8 Å². The molecule has 1 aromatic carbocycles. The second kappa shape index (κ2) is 7.28. The van der Waals surface area contributed by atoms with Crippen LogP contribution in [0, 0.1) is 0 Å². The standard InChI is InChI=1S/C19H18N4O4/c1-4-14-22-17(16-11(19(25)26)9-20-18(16)23-14)10-6-7-13(27-3)12(8-10)21-15(24)5-2/h5-9H,2,4H2,1,3H3,(H,21,24)(H,25,26)(H,20,22,23). The van der Waals surface area contributed by atoms with Crippen LogP contribution in [0.3, 0.4) is 0 Å². The van der Waals surface area contributed by atoms with Gasteiger partial charge in [0.1, 0.15) is 17.2 Å². The number of carboxylic acid groups (broad SMARTS) is 1. The largest absolute Gasteiger partial charge is 0.495 e. The normalized spacial score (nSPS) is 10.6. The second-order valence-corrected chi connectivity index (χ2v) is 5.68. The van der Waals surface area contributed by atoms with Gasteiger partial charge in [-0.1, -0.05) is 13.5 Å². The third kappa shape index (κ3) is 3.37. The molecule has 0 aliphatic heterocycles. The van der Waals surface area contributed by atoms with Gasteiger partial charge < -0.3 is 20.1 Å². The van der Waals surface area contributed by atoms with Crippen molar-refractivity contribution in [2.75, 3.05) is 12.4 Å². The molecule has 0 bridgehead atoms. The number of carboxylic acids is 1. The lowest BCUT2D eigenvalue weighted by atomic mass is 10.0. The molecule has 0 atom stereocenters. The Morgan fingerprint density at radius 1 is 1.37 bits per heavy atom. The Morgan fingerprint density at radius 3 is 2.78 bits per heavy atom. The van der Waals surface area contributed by atoms with E-state index in [1.807, 2.05) is 6.92 Å². The van der Waals surface area contributed by atoms with Gasteiger partial charge in [-0.3, -0.25) is 4.79 Å². The number of anilines is 1. The average Bonchev–Trinajstić information content (AvgIpc) is 3.11. The van der Waals surface area contributed by atoms with Crippen LogP contribution in [0.5, 0.6) is 5.75 Å². The third-order valence-corrected chi connectivity index (χ3v) is 4.04. The van der Waals surface area contributed by atoms with Gasteiger partial charge in [-0.15, -0.1) is 0 Å². The van der Waals surface area contributed by atoms with Crippen molar-refractivity contribution >= 4 is 28.6 Å². The zero-order chi connectivity index (χ0) is 19.6. The number of aromatic amines is 1. The molecule has 0 saturated carbocycles. The molecule has 27 heavy (non-hydrogen) atoms. The van der Waals surface area contributed by atoms with Gasteiger partial charge in [0.25, 0.3) is 0 Å². The zero-order valence-electron chi connectivity index (χ0n) is 14.9. The van der Waals surface area contributed by atoms with Crippen molar-refractivity contribution in [3.63, 3.8) is 0 Å². The quantitative estimate of drug-likeness (QED) is 0.577. The molecule has 0 unspecified atom stereocenters. The molecule has 0 aliphatic rings. The number of carbonyl (C=O) groups excluding carboxylic acids is 1. The Kier molecular flexibility index (Phi) is 4.89. The van der Waals surface area contributed by atoms with E-state index < -0.39 is 5.97 Å². The minimum Gasteiger partial charge on any atom is -0.495 e. The van der Waals surface area contributed by atoms with Crippen LogP contribution in [0.4, 0.5) is 5.69 Å². The molecule has 2 heterocycles. The van der Waals surface area contributed by atoms with E-state index in [0.717, 1.165) is 6.08 Å². The summed E-state index contributed by atoms with van der Waals surface area (Å²) in [6.45, 7) is 5.35. The van der Waals surface area contributed by atoms with Crippen molar-refractivity contribution in [2.24, 2.45) is 0 Å². The predicted molar refractivity (Wildman–Crippen MR) is 101 cm³/mol. The molecule has 0 fully saturated rings. The number of rotatable bonds is 6. The van der Waals surface area contributed by atoms with Crippen LogP contribution in [0.1, 0.15) is 23.1 Å². The fourth-order valence-corrected chi connectivity index (χ4v) is 2.75. The van der Waals surface area contributed by atoms with Crippen molar-refractivity contribution in [3.05, 3.63) is 48.4 Å². The molecule has 3 N–H and O–H groups in total. The highest BCUT2D eigenvalue weighted by Crippen LogP contribution is 2.34. The molecule has 0 saturated heterocycles. The van der Waals surface area contributed by atoms with Gasteiger partial charge in [0.15, 0.2) is 0 Å². The summed E-state index contributed by atoms with van der Waals surface area (Å²) in [5, 5.41) is 12.6. The van der Waals surface area contributed by atoms with Crippen LogP contribution >= 0.6 is 0 Å². The molecule has 3 aromatic rings. The van der Waals surface area contributed by atoms with E-state index in [9.17, 15) is 14.7 Å². The van der Waals surface area contributed by atoms with Crippen LogP contribution < -0.4 is 10.1 Å². The van der Waals surface area contributed by atoms with Crippen LogP contribution in [0.25, 0.3) is 22.3 Å². The highest BCUT2D eigenvalue weighted by molar-refractivity contribution is 6.08. The number of aromatic nitrogens is 3. The van der Waals surface area contributed by atoms with E-state index in [-0.39, 0.29) is 11.5 Å². The Balaban J connectivity index is 2.26. The highest BCUT2D eigenvalue weighted by atomic mass is 16.5. The molecule has 3 rings (SSSR count). The lowest BCUT2D eigenvalue weighted by Crippen LogP contribution is -2.09. The van der Waals surface area contributed by atoms with Crippen LogP contribution in [0.2, 0.25) is 0 Å². The number of carbonyl (C=O) groups is 2.